The Morgan fingerprint density at radius 1 is 1.19 bits per heavy atom. The number of aryl methyl sites for hydroxylation is 1. The Morgan fingerprint density at radius 2 is 1.90 bits per heavy atom. The average Bonchev–Trinajstić information content (AvgIpc) is 2.42. The molecular weight excluding hydrogens is 285 g/mol. The fraction of sp³-hybridized carbons (Fsp3) is 0.235. The van der Waals surface area contributed by atoms with Gasteiger partial charge in [0.25, 0.3) is 5.91 Å². The van der Waals surface area contributed by atoms with Crippen LogP contribution in [0, 0.1) is 12.7 Å². The van der Waals surface area contributed by atoms with E-state index in [-0.39, 0.29) is 11.7 Å². The third-order valence-corrected chi connectivity index (χ3v) is 4.02. The summed E-state index contributed by atoms with van der Waals surface area (Å²) in [5.74, 6) is -0.576. The van der Waals surface area contributed by atoms with Crippen LogP contribution in [0.4, 0.5) is 10.1 Å². The molecule has 110 valence electrons. The minimum Gasteiger partial charge on any atom is -0.322 e. The van der Waals surface area contributed by atoms with E-state index in [1.54, 1.807) is 23.9 Å². The zero-order chi connectivity index (χ0) is 15.4. The van der Waals surface area contributed by atoms with Gasteiger partial charge < -0.3 is 5.32 Å². The van der Waals surface area contributed by atoms with Crippen molar-refractivity contribution in [2.24, 2.45) is 0 Å². The summed E-state index contributed by atoms with van der Waals surface area (Å²) >= 11 is 1.64. The summed E-state index contributed by atoms with van der Waals surface area (Å²) < 4.78 is 13.3. The van der Waals surface area contributed by atoms with Crippen molar-refractivity contribution in [1.82, 2.24) is 0 Å². The molecule has 0 aliphatic heterocycles. The second-order valence-corrected chi connectivity index (χ2v) is 6.69. The maximum absolute atomic E-state index is 13.3. The summed E-state index contributed by atoms with van der Waals surface area (Å²) in [6.45, 7) is 6.00. The average molecular weight is 303 g/mol. The van der Waals surface area contributed by atoms with E-state index in [1.807, 2.05) is 25.1 Å². The van der Waals surface area contributed by atoms with Gasteiger partial charge in [-0.1, -0.05) is 32.0 Å². The molecule has 4 heteroatoms. The number of rotatable bonds is 4. The van der Waals surface area contributed by atoms with Gasteiger partial charge in [-0.15, -0.1) is 11.8 Å². The number of nitrogens with one attached hydrogen (secondary N) is 1. The van der Waals surface area contributed by atoms with Crippen molar-refractivity contribution in [3.63, 3.8) is 0 Å². The first-order chi connectivity index (χ1) is 9.97. The molecular formula is C17H18FNOS. The van der Waals surface area contributed by atoms with Crippen molar-refractivity contribution in [3.8, 4) is 0 Å². The van der Waals surface area contributed by atoms with Gasteiger partial charge in [-0.25, -0.2) is 4.39 Å². The van der Waals surface area contributed by atoms with Gasteiger partial charge in [0.05, 0.1) is 5.56 Å². The van der Waals surface area contributed by atoms with Crippen LogP contribution in [0.5, 0.6) is 0 Å². The summed E-state index contributed by atoms with van der Waals surface area (Å²) in [6, 6.07) is 11.8. The maximum atomic E-state index is 13.3. The zero-order valence-corrected chi connectivity index (χ0v) is 13.1. The molecule has 1 amide bonds. The summed E-state index contributed by atoms with van der Waals surface area (Å²) in [4.78, 5) is 13.4. The Labute approximate surface area is 128 Å². The van der Waals surface area contributed by atoms with Gasteiger partial charge in [-0.2, -0.15) is 0 Å². The Kier molecular flexibility index (Phi) is 5.02. The highest BCUT2D eigenvalue weighted by Gasteiger charge is 2.13. The molecule has 0 fully saturated rings. The molecule has 0 bridgehead atoms. The van der Waals surface area contributed by atoms with Crippen LogP contribution >= 0.6 is 11.8 Å². The van der Waals surface area contributed by atoms with Crippen molar-refractivity contribution < 1.29 is 9.18 Å². The first kappa shape index (κ1) is 15.6. The van der Waals surface area contributed by atoms with Gasteiger partial charge in [0, 0.05) is 15.8 Å². The van der Waals surface area contributed by atoms with Crippen LogP contribution in [0.25, 0.3) is 0 Å². The number of benzene rings is 2. The Bertz CT molecular complexity index is 655. The van der Waals surface area contributed by atoms with Crippen LogP contribution in [0.1, 0.15) is 29.8 Å². The van der Waals surface area contributed by atoms with E-state index >= 15 is 0 Å². The number of carbonyl (C=O) groups is 1. The minimum atomic E-state index is -0.360. The number of halogens is 1. The first-order valence-electron chi connectivity index (χ1n) is 6.80. The van der Waals surface area contributed by atoms with Crippen LogP contribution in [0.3, 0.4) is 0 Å². The smallest absolute Gasteiger partial charge is 0.256 e. The molecule has 2 aromatic carbocycles. The van der Waals surface area contributed by atoms with E-state index in [2.05, 4.69) is 19.2 Å². The predicted molar refractivity (Wildman–Crippen MR) is 86.5 cm³/mol. The van der Waals surface area contributed by atoms with Crippen molar-refractivity contribution in [2.45, 2.75) is 30.9 Å². The van der Waals surface area contributed by atoms with E-state index in [4.69, 9.17) is 0 Å². The lowest BCUT2D eigenvalue weighted by Gasteiger charge is -2.12. The first-order valence-corrected chi connectivity index (χ1v) is 7.68. The van der Waals surface area contributed by atoms with E-state index in [1.165, 1.54) is 12.1 Å². The lowest BCUT2D eigenvalue weighted by molar-refractivity contribution is 0.102. The standard InChI is InChI=1S/C17H18FNOS/c1-11(2)21-16-7-5-4-6-14(16)17(20)19-15-10-13(18)9-8-12(15)3/h4-11H,1-3H3,(H,19,20). The number of thioether (sulfide) groups is 1. The number of hydrogen-bond donors (Lipinski definition) is 1. The van der Waals surface area contributed by atoms with Crippen LogP contribution in [-0.2, 0) is 0 Å². The molecule has 0 unspecified atom stereocenters. The van der Waals surface area contributed by atoms with Gasteiger partial charge in [-0.05, 0) is 36.8 Å². The highest BCUT2D eigenvalue weighted by Crippen LogP contribution is 2.27. The molecule has 0 saturated heterocycles. The molecule has 0 aliphatic rings. The molecule has 0 radical (unpaired) electrons. The molecule has 0 atom stereocenters. The minimum absolute atomic E-state index is 0.215. The Hall–Kier alpha value is -1.81. The van der Waals surface area contributed by atoms with E-state index in [0.29, 0.717) is 16.5 Å². The molecule has 0 aliphatic carbocycles. The predicted octanol–water partition coefficient (Wildman–Crippen LogP) is 4.89. The molecule has 2 nitrogen and oxygen atoms in total. The van der Waals surface area contributed by atoms with Gasteiger partial charge in [0.2, 0.25) is 0 Å². The van der Waals surface area contributed by atoms with Crippen molar-refractivity contribution in [3.05, 3.63) is 59.4 Å². The SMILES string of the molecule is Cc1ccc(F)cc1NC(=O)c1ccccc1SC(C)C. The maximum Gasteiger partial charge on any atom is 0.256 e. The zero-order valence-electron chi connectivity index (χ0n) is 12.3. The largest absolute Gasteiger partial charge is 0.322 e. The fourth-order valence-electron chi connectivity index (χ4n) is 1.93. The third-order valence-electron chi connectivity index (χ3n) is 2.94. The van der Waals surface area contributed by atoms with E-state index in [0.717, 1.165) is 10.5 Å². The normalized spacial score (nSPS) is 10.7. The van der Waals surface area contributed by atoms with Crippen LogP contribution in [0.2, 0.25) is 0 Å². The number of amides is 1. The molecule has 1 N–H and O–H groups in total. The van der Waals surface area contributed by atoms with Crippen LogP contribution < -0.4 is 5.32 Å². The van der Waals surface area contributed by atoms with Crippen molar-refractivity contribution in [2.75, 3.05) is 5.32 Å². The van der Waals surface area contributed by atoms with Crippen LogP contribution in [-0.4, -0.2) is 11.2 Å². The molecule has 2 rings (SSSR count). The molecule has 0 spiro atoms. The second-order valence-electron chi connectivity index (χ2n) is 5.08. The molecule has 0 aromatic heterocycles. The van der Waals surface area contributed by atoms with E-state index < -0.39 is 0 Å². The molecule has 21 heavy (non-hydrogen) atoms. The summed E-state index contributed by atoms with van der Waals surface area (Å²) in [5, 5.41) is 3.17. The monoisotopic (exact) mass is 303 g/mol. The summed E-state index contributed by atoms with van der Waals surface area (Å²) in [5.41, 5.74) is 1.95. The lowest BCUT2D eigenvalue weighted by atomic mass is 10.1. The number of hydrogen-bond acceptors (Lipinski definition) is 2. The van der Waals surface area contributed by atoms with Crippen molar-refractivity contribution in [1.29, 1.82) is 0 Å². The van der Waals surface area contributed by atoms with Crippen molar-refractivity contribution >= 4 is 23.4 Å². The van der Waals surface area contributed by atoms with Crippen LogP contribution in [0.15, 0.2) is 47.4 Å². The topological polar surface area (TPSA) is 29.1 Å². The molecule has 0 heterocycles. The quantitative estimate of drug-likeness (QED) is 0.815. The Morgan fingerprint density at radius 3 is 2.62 bits per heavy atom. The summed E-state index contributed by atoms with van der Waals surface area (Å²) in [6.07, 6.45) is 0. The summed E-state index contributed by atoms with van der Waals surface area (Å²) in [7, 11) is 0. The second kappa shape index (κ2) is 6.76. The van der Waals surface area contributed by atoms with Gasteiger partial charge in [-0.3, -0.25) is 4.79 Å². The number of anilines is 1. The molecule has 0 saturated carbocycles. The third kappa shape index (κ3) is 4.08. The number of carbonyl (C=O) groups excluding carboxylic acids is 1. The van der Waals surface area contributed by atoms with E-state index in [9.17, 15) is 9.18 Å². The molecule has 2 aromatic rings. The van der Waals surface area contributed by atoms with Gasteiger partial charge in [0.1, 0.15) is 5.82 Å². The van der Waals surface area contributed by atoms with Gasteiger partial charge >= 0.3 is 0 Å². The lowest BCUT2D eigenvalue weighted by Crippen LogP contribution is -2.14. The Balaban J connectivity index is 2.26. The highest BCUT2D eigenvalue weighted by atomic mass is 32.2. The van der Waals surface area contributed by atoms with Gasteiger partial charge in [0.15, 0.2) is 0 Å². The fourth-order valence-corrected chi connectivity index (χ4v) is 2.88. The highest BCUT2D eigenvalue weighted by molar-refractivity contribution is 8.00.